The summed E-state index contributed by atoms with van der Waals surface area (Å²) in [6.45, 7) is 7.11. The first-order valence-corrected chi connectivity index (χ1v) is 6.15. The SMILES string of the molecule is COc1ccc(C#N)c(N2CCNCC2(C)C)c1. The van der Waals surface area contributed by atoms with Gasteiger partial charge in [0, 0.05) is 31.2 Å². The van der Waals surface area contributed by atoms with E-state index in [-0.39, 0.29) is 5.54 Å². The van der Waals surface area contributed by atoms with E-state index >= 15 is 0 Å². The van der Waals surface area contributed by atoms with Gasteiger partial charge in [-0.25, -0.2) is 0 Å². The second kappa shape index (κ2) is 4.87. The predicted octanol–water partition coefficient (Wildman–Crippen LogP) is 1.76. The Bertz CT molecular complexity index is 476. The summed E-state index contributed by atoms with van der Waals surface area (Å²) in [5.74, 6) is 0.790. The van der Waals surface area contributed by atoms with Crippen LogP contribution in [0.15, 0.2) is 18.2 Å². The molecular weight excluding hydrogens is 226 g/mol. The maximum absolute atomic E-state index is 9.25. The molecule has 0 radical (unpaired) electrons. The molecule has 0 aromatic heterocycles. The molecule has 1 fully saturated rings. The highest BCUT2D eigenvalue weighted by Crippen LogP contribution is 2.31. The van der Waals surface area contributed by atoms with Crippen molar-refractivity contribution >= 4 is 5.69 Å². The normalized spacial score (nSPS) is 18.2. The zero-order valence-corrected chi connectivity index (χ0v) is 11.2. The molecule has 0 bridgehead atoms. The lowest BCUT2D eigenvalue weighted by atomic mass is 9.97. The molecule has 1 aliphatic rings. The van der Waals surface area contributed by atoms with Crippen LogP contribution in [0, 0.1) is 11.3 Å². The molecule has 0 spiro atoms. The van der Waals surface area contributed by atoms with Gasteiger partial charge in [-0.1, -0.05) is 0 Å². The molecule has 2 rings (SSSR count). The molecular formula is C14H19N3O. The highest BCUT2D eigenvalue weighted by molar-refractivity contribution is 5.63. The monoisotopic (exact) mass is 245 g/mol. The molecule has 0 unspecified atom stereocenters. The summed E-state index contributed by atoms with van der Waals surface area (Å²) in [5.41, 5.74) is 1.66. The van der Waals surface area contributed by atoms with Crippen LogP contribution < -0.4 is 15.0 Å². The Kier molecular flexibility index (Phi) is 3.44. The van der Waals surface area contributed by atoms with E-state index in [1.165, 1.54) is 0 Å². The first-order valence-electron chi connectivity index (χ1n) is 6.15. The van der Waals surface area contributed by atoms with E-state index in [1.807, 2.05) is 18.2 Å². The quantitative estimate of drug-likeness (QED) is 0.862. The molecule has 1 aromatic carbocycles. The van der Waals surface area contributed by atoms with E-state index < -0.39 is 0 Å². The molecule has 0 aliphatic carbocycles. The van der Waals surface area contributed by atoms with Crippen molar-refractivity contribution in [2.45, 2.75) is 19.4 Å². The average molecular weight is 245 g/mol. The number of nitrogens with zero attached hydrogens (tertiary/aromatic N) is 2. The van der Waals surface area contributed by atoms with Gasteiger partial charge in [0.25, 0.3) is 0 Å². The van der Waals surface area contributed by atoms with E-state index in [0.29, 0.717) is 5.56 Å². The highest BCUT2D eigenvalue weighted by Gasteiger charge is 2.31. The van der Waals surface area contributed by atoms with Gasteiger partial charge >= 0.3 is 0 Å². The lowest BCUT2D eigenvalue weighted by molar-refractivity contribution is 0.378. The lowest BCUT2D eigenvalue weighted by Gasteiger charge is -2.44. The minimum absolute atomic E-state index is 0.00376. The third kappa shape index (κ3) is 2.27. The zero-order valence-electron chi connectivity index (χ0n) is 11.2. The van der Waals surface area contributed by atoms with Gasteiger partial charge in [-0.05, 0) is 26.0 Å². The topological polar surface area (TPSA) is 48.3 Å². The molecule has 4 heteroatoms. The van der Waals surface area contributed by atoms with Crippen LogP contribution in [0.2, 0.25) is 0 Å². The Morgan fingerprint density at radius 1 is 1.44 bits per heavy atom. The standard InChI is InChI=1S/C14H19N3O/c1-14(2)10-16-6-7-17(14)13-8-12(18-3)5-4-11(13)9-15/h4-5,8,16H,6-7,10H2,1-3H3. The van der Waals surface area contributed by atoms with Crippen molar-refractivity contribution in [1.29, 1.82) is 5.26 Å². The molecule has 1 aromatic rings. The predicted molar refractivity (Wildman–Crippen MR) is 72.0 cm³/mol. The van der Waals surface area contributed by atoms with Gasteiger partial charge in [0.05, 0.1) is 18.4 Å². The Morgan fingerprint density at radius 2 is 2.22 bits per heavy atom. The number of ether oxygens (including phenoxy) is 1. The van der Waals surface area contributed by atoms with Crippen LogP contribution in [0.4, 0.5) is 5.69 Å². The maximum Gasteiger partial charge on any atom is 0.121 e. The fourth-order valence-corrected chi connectivity index (χ4v) is 2.39. The van der Waals surface area contributed by atoms with Gasteiger partial charge in [-0.2, -0.15) is 5.26 Å². The minimum Gasteiger partial charge on any atom is -0.497 e. The molecule has 18 heavy (non-hydrogen) atoms. The third-order valence-electron chi connectivity index (χ3n) is 3.42. The third-order valence-corrected chi connectivity index (χ3v) is 3.42. The van der Waals surface area contributed by atoms with Crippen molar-refractivity contribution < 1.29 is 4.74 Å². The molecule has 96 valence electrons. The van der Waals surface area contributed by atoms with Crippen LogP contribution in [-0.2, 0) is 0 Å². The maximum atomic E-state index is 9.25. The number of methoxy groups -OCH3 is 1. The number of rotatable bonds is 2. The van der Waals surface area contributed by atoms with Crippen LogP contribution in [0.5, 0.6) is 5.75 Å². The molecule has 1 aliphatic heterocycles. The zero-order chi connectivity index (χ0) is 13.2. The van der Waals surface area contributed by atoms with Crippen molar-refractivity contribution in [2.75, 3.05) is 31.6 Å². The number of benzene rings is 1. The van der Waals surface area contributed by atoms with Crippen molar-refractivity contribution in [3.63, 3.8) is 0 Å². The van der Waals surface area contributed by atoms with Gasteiger partial charge in [-0.3, -0.25) is 0 Å². The first kappa shape index (κ1) is 12.7. The van der Waals surface area contributed by atoms with E-state index in [4.69, 9.17) is 4.74 Å². The van der Waals surface area contributed by atoms with E-state index in [1.54, 1.807) is 7.11 Å². The van der Waals surface area contributed by atoms with E-state index in [9.17, 15) is 5.26 Å². The van der Waals surface area contributed by atoms with Crippen LogP contribution >= 0.6 is 0 Å². The fraction of sp³-hybridized carbons (Fsp3) is 0.500. The largest absolute Gasteiger partial charge is 0.497 e. The summed E-state index contributed by atoms with van der Waals surface area (Å²) in [6, 6.07) is 7.87. The Hall–Kier alpha value is -1.73. The molecule has 0 amide bonds. The summed E-state index contributed by atoms with van der Waals surface area (Å²) in [4.78, 5) is 2.28. The molecule has 1 N–H and O–H groups in total. The van der Waals surface area contributed by atoms with Crippen molar-refractivity contribution in [3.05, 3.63) is 23.8 Å². The van der Waals surface area contributed by atoms with Gasteiger partial charge in [0.15, 0.2) is 0 Å². The van der Waals surface area contributed by atoms with Crippen LogP contribution in [0.1, 0.15) is 19.4 Å². The number of nitrogens with one attached hydrogen (secondary N) is 1. The molecule has 1 heterocycles. The summed E-state index contributed by atoms with van der Waals surface area (Å²) >= 11 is 0. The number of anilines is 1. The van der Waals surface area contributed by atoms with Crippen molar-refractivity contribution in [1.82, 2.24) is 5.32 Å². The number of piperazine rings is 1. The van der Waals surface area contributed by atoms with Crippen molar-refractivity contribution in [2.24, 2.45) is 0 Å². The van der Waals surface area contributed by atoms with E-state index in [2.05, 4.69) is 30.1 Å². The Labute approximate surface area is 108 Å². The second-order valence-corrected chi connectivity index (χ2v) is 5.14. The minimum atomic E-state index is -0.00376. The average Bonchev–Trinajstić information content (AvgIpc) is 2.37. The van der Waals surface area contributed by atoms with Crippen LogP contribution in [-0.4, -0.2) is 32.3 Å². The summed E-state index contributed by atoms with van der Waals surface area (Å²) in [7, 11) is 1.65. The van der Waals surface area contributed by atoms with Gasteiger partial charge < -0.3 is 15.0 Å². The van der Waals surface area contributed by atoms with Gasteiger partial charge in [0.1, 0.15) is 11.8 Å². The summed E-state index contributed by atoms with van der Waals surface area (Å²) < 4.78 is 5.26. The number of hydrogen-bond donors (Lipinski definition) is 1. The number of nitriles is 1. The first-order chi connectivity index (χ1) is 8.58. The second-order valence-electron chi connectivity index (χ2n) is 5.14. The van der Waals surface area contributed by atoms with E-state index in [0.717, 1.165) is 31.1 Å². The molecule has 4 nitrogen and oxygen atoms in total. The molecule has 1 saturated heterocycles. The van der Waals surface area contributed by atoms with Gasteiger partial charge in [0.2, 0.25) is 0 Å². The van der Waals surface area contributed by atoms with Crippen LogP contribution in [0.3, 0.4) is 0 Å². The Balaban J connectivity index is 2.45. The fourth-order valence-electron chi connectivity index (χ4n) is 2.39. The molecule has 0 atom stereocenters. The molecule has 0 saturated carbocycles. The smallest absolute Gasteiger partial charge is 0.121 e. The highest BCUT2D eigenvalue weighted by atomic mass is 16.5. The Morgan fingerprint density at radius 3 is 2.83 bits per heavy atom. The van der Waals surface area contributed by atoms with Crippen molar-refractivity contribution in [3.8, 4) is 11.8 Å². The van der Waals surface area contributed by atoms with Gasteiger partial charge in [-0.15, -0.1) is 0 Å². The number of hydrogen-bond acceptors (Lipinski definition) is 4. The summed E-state index contributed by atoms with van der Waals surface area (Å²) in [6.07, 6.45) is 0. The van der Waals surface area contributed by atoms with Crippen LogP contribution in [0.25, 0.3) is 0 Å². The lowest BCUT2D eigenvalue weighted by Crippen LogP contribution is -2.58. The summed E-state index contributed by atoms with van der Waals surface area (Å²) in [5, 5.41) is 12.6.